The van der Waals surface area contributed by atoms with Gasteiger partial charge in [-0.05, 0) is 67.0 Å². The molecule has 6 N–H and O–H groups in total. The predicted octanol–water partition coefficient (Wildman–Crippen LogP) is 6.11. The molecule has 180 valence electrons. The van der Waals surface area contributed by atoms with Crippen LogP contribution in [0.15, 0.2) is 22.4 Å². The molecule has 2 rings (SSSR count). The Labute approximate surface area is 194 Å². The largest absolute Gasteiger partial charge is 0.435 e. The zero-order valence-corrected chi connectivity index (χ0v) is 20.5. The summed E-state index contributed by atoms with van der Waals surface area (Å²) in [7, 11) is 0. The zero-order valence-electron chi connectivity index (χ0n) is 18.8. The number of carbonyl (C=O) groups is 1. The predicted molar refractivity (Wildman–Crippen MR) is 124 cm³/mol. The Bertz CT molecular complexity index is 884. The van der Waals surface area contributed by atoms with Crippen molar-refractivity contribution in [2.45, 2.75) is 69.8 Å². The molecule has 0 saturated heterocycles. The number of rotatable bonds is 7. The summed E-state index contributed by atoms with van der Waals surface area (Å²) in [6, 6.07) is 3.65. The van der Waals surface area contributed by atoms with Gasteiger partial charge in [-0.3, -0.25) is 5.14 Å². The average Bonchev–Trinajstić information content (AvgIpc) is 3.03. The molecular formula is C21H30F3N3O3S2. The smallest absolute Gasteiger partial charge is 0.387 e. The number of alkyl halides is 2. The van der Waals surface area contributed by atoms with E-state index in [0.717, 1.165) is 11.9 Å². The Hall–Kier alpha value is -1.95. The average molecular weight is 494 g/mol. The molecule has 0 saturated carbocycles. The van der Waals surface area contributed by atoms with Crippen LogP contribution in [0.2, 0.25) is 0 Å². The monoisotopic (exact) mass is 493 g/mol. The van der Waals surface area contributed by atoms with Crippen molar-refractivity contribution in [3.05, 3.63) is 40.0 Å². The summed E-state index contributed by atoms with van der Waals surface area (Å²) >= 11 is 2.04. The van der Waals surface area contributed by atoms with Crippen LogP contribution in [0.4, 0.5) is 23.7 Å². The number of ether oxygens (including phenoxy) is 1. The highest BCUT2D eigenvalue weighted by Crippen LogP contribution is 2.37. The van der Waals surface area contributed by atoms with Crippen molar-refractivity contribution in [3.63, 3.8) is 0 Å². The minimum absolute atomic E-state index is 0.0237. The van der Waals surface area contributed by atoms with Crippen molar-refractivity contribution in [1.82, 2.24) is 0 Å². The number of aliphatic hydroxyl groups is 1. The van der Waals surface area contributed by atoms with Gasteiger partial charge < -0.3 is 20.9 Å². The number of thiophene rings is 1. The summed E-state index contributed by atoms with van der Waals surface area (Å²) in [4.78, 5) is 11.7. The number of carbonyl (C=O) groups excluding carboxylic acids is 1. The standard InChI is InChI=1S/C14H20F2N2O2.C7H10FNOS2/c1-7(2)10-5-9(20-13(15)16)6-11(8(3)4)12(10)18-14(17)19;1-7(2,10)5-3-4(8)6(11-5)12-9/h5-8,13H,1-4H3,(H3,17,18,19);3,10H,9H2,1-2H3. The van der Waals surface area contributed by atoms with Crippen LogP contribution in [0.25, 0.3) is 0 Å². The highest BCUT2D eigenvalue weighted by molar-refractivity contribution is 7.99. The lowest BCUT2D eigenvalue weighted by molar-refractivity contribution is -0.0499. The second kappa shape index (κ2) is 11.8. The van der Waals surface area contributed by atoms with Crippen LogP contribution in [0.5, 0.6) is 5.75 Å². The van der Waals surface area contributed by atoms with E-state index in [2.05, 4.69) is 10.1 Å². The summed E-state index contributed by atoms with van der Waals surface area (Å²) in [5.74, 6) is -0.224. The molecule has 0 aliphatic rings. The number of urea groups is 1. The Morgan fingerprint density at radius 3 is 1.94 bits per heavy atom. The first-order valence-corrected chi connectivity index (χ1v) is 11.4. The van der Waals surface area contributed by atoms with E-state index in [4.69, 9.17) is 10.9 Å². The Balaban J connectivity index is 0.000000363. The molecule has 2 aromatic rings. The molecule has 0 spiro atoms. The lowest BCUT2D eigenvalue weighted by Crippen LogP contribution is -2.22. The number of benzene rings is 1. The van der Waals surface area contributed by atoms with E-state index in [9.17, 15) is 23.1 Å². The molecule has 1 aromatic heterocycles. The van der Waals surface area contributed by atoms with E-state index >= 15 is 0 Å². The van der Waals surface area contributed by atoms with Crippen LogP contribution in [0.1, 0.15) is 69.4 Å². The van der Waals surface area contributed by atoms with E-state index in [-0.39, 0.29) is 23.4 Å². The van der Waals surface area contributed by atoms with Gasteiger partial charge in [0.1, 0.15) is 15.8 Å². The van der Waals surface area contributed by atoms with Crippen molar-refractivity contribution >= 4 is 35.0 Å². The van der Waals surface area contributed by atoms with E-state index in [1.807, 2.05) is 27.7 Å². The van der Waals surface area contributed by atoms with Gasteiger partial charge in [-0.15, -0.1) is 11.3 Å². The van der Waals surface area contributed by atoms with Crippen molar-refractivity contribution in [2.75, 3.05) is 5.32 Å². The lowest BCUT2D eigenvalue weighted by Gasteiger charge is -2.21. The third-order valence-electron chi connectivity index (χ3n) is 4.26. The van der Waals surface area contributed by atoms with E-state index in [1.54, 1.807) is 13.8 Å². The van der Waals surface area contributed by atoms with Gasteiger partial charge in [-0.25, -0.2) is 9.18 Å². The second-order valence-corrected chi connectivity index (χ2v) is 10.0. The van der Waals surface area contributed by atoms with Crippen LogP contribution < -0.4 is 20.9 Å². The third kappa shape index (κ3) is 8.19. The van der Waals surface area contributed by atoms with Crippen molar-refractivity contribution in [1.29, 1.82) is 0 Å². The maximum Gasteiger partial charge on any atom is 0.387 e. The number of nitrogens with two attached hydrogens (primary N) is 2. The number of anilines is 1. The normalized spacial score (nSPS) is 11.6. The van der Waals surface area contributed by atoms with Gasteiger partial charge >= 0.3 is 12.6 Å². The first-order chi connectivity index (χ1) is 14.7. The molecular weight excluding hydrogens is 463 g/mol. The molecule has 32 heavy (non-hydrogen) atoms. The number of halogens is 3. The SMILES string of the molecule is CC(C)(O)c1cc(F)c(SN)s1.CC(C)c1cc(OC(F)F)cc(C(C)C)c1NC(N)=O. The van der Waals surface area contributed by atoms with Crippen LogP contribution in [-0.2, 0) is 5.60 Å². The molecule has 1 heterocycles. The second-order valence-electron chi connectivity index (χ2n) is 8.08. The van der Waals surface area contributed by atoms with Gasteiger partial charge in [0.2, 0.25) is 0 Å². The number of nitrogens with one attached hydrogen (secondary N) is 1. The van der Waals surface area contributed by atoms with Crippen LogP contribution >= 0.6 is 23.3 Å². The number of amides is 2. The Morgan fingerprint density at radius 2 is 1.66 bits per heavy atom. The summed E-state index contributed by atoms with van der Waals surface area (Å²) in [5, 5.41) is 17.3. The Morgan fingerprint density at radius 1 is 1.16 bits per heavy atom. The molecule has 11 heteroatoms. The fourth-order valence-electron chi connectivity index (χ4n) is 2.74. The van der Waals surface area contributed by atoms with E-state index < -0.39 is 18.2 Å². The fourth-order valence-corrected chi connectivity index (χ4v) is 4.14. The molecule has 2 amide bonds. The molecule has 0 aliphatic carbocycles. The molecule has 0 unspecified atom stereocenters. The van der Waals surface area contributed by atoms with Gasteiger partial charge in [0.15, 0.2) is 0 Å². The van der Waals surface area contributed by atoms with Crippen molar-refractivity contribution < 1.29 is 27.8 Å². The summed E-state index contributed by atoms with van der Waals surface area (Å²) in [5.41, 5.74) is 6.19. The molecule has 1 aromatic carbocycles. The maximum absolute atomic E-state index is 12.9. The summed E-state index contributed by atoms with van der Waals surface area (Å²) < 4.78 is 42.6. The van der Waals surface area contributed by atoms with Gasteiger partial charge in [-0.2, -0.15) is 8.78 Å². The van der Waals surface area contributed by atoms with Gasteiger partial charge in [-0.1, -0.05) is 27.7 Å². The van der Waals surface area contributed by atoms with Crippen LogP contribution in [-0.4, -0.2) is 17.7 Å². The van der Waals surface area contributed by atoms with Crippen molar-refractivity contribution in [3.8, 4) is 5.75 Å². The molecule has 0 radical (unpaired) electrons. The van der Waals surface area contributed by atoms with Crippen LogP contribution in [0, 0.1) is 5.82 Å². The van der Waals surface area contributed by atoms with E-state index in [1.165, 1.54) is 29.5 Å². The third-order valence-corrected chi connectivity index (χ3v) is 6.42. The van der Waals surface area contributed by atoms with Crippen molar-refractivity contribution in [2.24, 2.45) is 10.9 Å². The fraction of sp³-hybridized carbons (Fsp3) is 0.476. The first kappa shape index (κ1) is 28.1. The Kier molecular flexibility index (Phi) is 10.3. The molecule has 0 aliphatic heterocycles. The number of hydrogen-bond donors (Lipinski definition) is 4. The van der Waals surface area contributed by atoms with Crippen LogP contribution in [0.3, 0.4) is 0 Å². The number of hydrogen-bond acceptors (Lipinski definition) is 6. The molecule has 0 atom stereocenters. The number of primary amides is 1. The molecule has 6 nitrogen and oxygen atoms in total. The first-order valence-electron chi connectivity index (χ1n) is 9.75. The van der Waals surface area contributed by atoms with Gasteiger partial charge in [0.05, 0.1) is 5.60 Å². The minimum atomic E-state index is -2.88. The summed E-state index contributed by atoms with van der Waals surface area (Å²) in [6.45, 7) is 7.95. The zero-order chi connectivity index (χ0) is 24.8. The highest BCUT2D eigenvalue weighted by Gasteiger charge is 2.21. The van der Waals surface area contributed by atoms with E-state index in [0.29, 0.717) is 25.9 Å². The molecule has 0 fully saturated rings. The van der Waals surface area contributed by atoms with Gasteiger partial charge in [0.25, 0.3) is 0 Å². The van der Waals surface area contributed by atoms with Gasteiger partial charge in [0, 0.05) is 10.6 Å². The summed E-state index contributed by atoms with van der Waals surface area (Å²) in [6.07, 6.45) is 0. The quantitative estimate of drug-likeness (QED) is 0.348. The minimum Gasteiger partial charge on any atom is -0.435 e. The lowest BCUT2D eigenvalue weighted by atomic mass is 9.92. The maximum atomic E-state index is 12.9. The topological polar surface area (TPSA) is 111 Å². The highest BCUT2D eigenvalue weighted by atomic mass is 32.2. The molecule has 0 bridgehead atoms.